The molecule has 1 aromatic heterocycles. The molecule has 2 rings (SSSR count). The van der Waals surface area contributed by atoms with Crippen LogP contribution in [0.3, 0.4) is 0 Å². The van der Waals surface area contributed by atoms with E-state index in [0.29, 0.717) is 5.69 Å². The number of hydrogen-bond acceptors (Lipinski definition) is 3. The van der Waals surface area contributed by atoms with Crippen molar-refractivity contribution in [3.05, 3.63) is 44.5 Å². The Morgan fingerprint density at radius 1 is 1.35 bits per heavy atom. The standard InChI is InChI=1S/C13H15BrN4O2/c1-8-4-10(5-9(2)12(8)14)16-11(19)6-18-13(20)17(3)7-15-18/h4-5,7H,6H2,1-3H3,(H,16,19). The van der Waals surface area contributed by atoms with Gasteiger partial charge in [0.25, 0.3) is 0 Å². The van der Waals surface area contributed by atoms with E-state index in [1.54, 1.807) is 7.05 Å². The van der Waals surface area contributed by atoms with Gasteiger partial charge in [-0.1, -0.05) is 15.9 Å². The van der Waals surface area contributed by atoms with Crippen LogP contribution >= 0.6 is 15.9 Å². The van der Waals surface area contributed by atoms with Gasteiger partial charge in [-0.2, -0.15) is 5.10 Å². The van der Waals surface area contributed by atoms with Crippen LogP contribution in [0.2, 0.25) is 0 Å². The Morgan fingerprint density at radius 3 is 2.45 bits per heavy atom. The highest BCUT2D eigenvalue weighted by Gasteiger charge is 2.09. The first kappa shape index (κ1) is 14.5. The lowest BCUT2D eigenvalue weighted by molar-refractivity contribution is -0.117. The Balaban J connectivity index is 2.13. The number of carbonyl (C=O) groups is 1. The van der Waals surface area contributed by atoms with Gasteiger partial charge in [0.05, 0.1) is 0 Å². The molecule has 0 saturated carbocycles. The normalized spacial score (nSPS) is 10.6. The fraction of sp³-hybridized carbons (Fsp3) is 0.308. The number of nitrogens with one attached hydrogen (secondary N) is 1. The van der Waals surface area contributed by atoms with Gasteiger partial charge in [0.15, 0.2) is 0 Å². The summed E-state index contributed by atoms with van der Waals surface area (Å²) in [6.07, 6.45) is 1.38. The molecule has 0 bridgehead atoms. The highest BCUT2D eigenvalue weighted by molar-refractivity contribution is 9.10. The van der Waals surface area contributed by atoms with Crippen LogP contribution in [0.4, 0.5) is 5.69 Å². The maximum atomic E-state index is 11.9. The first-order chi connectivity index (χ1) is 9.38. The molecule has 0 unspecified atom stereocenters. The van der Waals surface area contributed by atoms with E-state index in [2.05, 4.69) is 26.3 Å². The number of halogens is 1. The number of benzene rings is 1. The Hall–Kier alpha value is -1.89. The predicted octanol–water partition coefficient (Wildman–Crippen LogP) is 1.60. The van der Waals surface area contributed by atoms with Crippen molar-refractivity contribution in [2.45, 2.75) is 20.4 Å². The number of hydrogen-bond donors (Lipinski definition) is 1. The van der Waals surface area contributed by atoms with E-state index in [1.165, 1.54) is 10.9 Å². The SMILES string of the molecule is Cc1cc(NC(=O)Cn2ncn(C)c2=O)cc(C)c1Br. The van der Waals surface area contributed by atoms with Crippen LogP contribution in [0.15, 0.2) is 27.7 Å². The zero-order chi connectivity index (χ0) is 14.9. The molecule has 0 aliphatic carbocycles. The van der Waals surface area contributed by atoms with Gasteiger partial charge >= 0.3 is 5.69 Å². The topological polar surface area (TPSA) is 68.9 Å². The molecule has 1 N–H and O–H groups in total. The molecule has 1 amide bonds. The van der Waals surface area contributed by atoms with Crippen LogP contribution < -0.4 is 11.0 Å². The third-order valence-corrected chi connectivity index (χ3v) is 4.15. The Bertz CT molecular complexity index is 694. The Labute approximate surface area is 124 Å². The largest absolute Gasteiger partial charge is 0.345 e. The monoisotopic (exact) mass is 338 g/mol. The van der Waals surface area contributed by atoms with Crippen LogP contribution in [0.5, 0.6) is 0 Å². The van der Waals surface area contributed by atoms with Gasteiger partial charge in [-0.3, -0.25) is 9.36 Å². The summed E-state index contributed by atoms with van der Waals surface area (Å²) in [7, 11) is 1.59. The predicted molar refractivity (Wildman–Crippen MR) is 79.7 cm³/mol. The molecule has 0 spiro atoms. The summed E-state index contributed by atoms with van der Waals surface area (Å²) in [5, 5.41) is 6.61. The maximum Gasteiger partial charge on any atom is 0.345 e. The molecule has 6 nitrogen and oxygen atoms in total. The molecule has 0 saturated heterocycles. The lowest BCUT2D eigenvalue weighted by Gasteiger charge is -2.09. The summed E-state index contributed by atoms with van der Waals surface area (Å²) in [5.74, 6) is -0.285. The second-order valence-electron chi connectivity index (χ2n) is 4.65. The summed E-state index contributed by atoms with van der Waals surface area (Å²) < 4.78 is 3.46. The summed E-state index contributed by atoms with van der Waals surface area (Å²) in [4.78, 5) is 23.5. The molecule has 0 aliphatic rings. The van der Waals surface area contributed by atoms with E-state index >= 15 is 0 Å². The molecular formula is C13H15BrN4O2. The molecular weight excluding hydrogens is 324 g/mol. The zero-order valence-electron chi connectivity index (χ0n) is 11.5. The van der Waals surface area contributed by atoms with Crippen LogP contribution in [-0.4, -0.2) is 20.3 Å². The first-order valence-electron chi connectivity index (χ1n) is 6.03. The van der Waals surface area contributed by atoms with Gasteiger partial charge in [-0.15, -0.1) is 0 Å². The van der Waals surface area contributed by atoms with Gasteiger partial charge in [0.2, 0.25) is 5.91 Å². The number of anilines is 1. The first-order valence-corrected chi connectivity index (χ1v) is 6.83. The maximum absolute atomic E-state index is 11.9. The van der Waals surface area contributed by atoms with Gasteiger partial charge < -0.3 is 5.32 Å². The van der Waals surface area contributed by atoms with E-state index in [4.69, 9.17) is 0 Å². The second-order valence-corrected chi connectivity index (χ2v) is 5.45. The molecule has 0 aliphatic heterocycles. The molecule has 1 aromatic carbocycles. The second kappa shape index (κ2) is 5.62. The summed E-state index contributed by atoms with van der Waals surface area (Å²) >= 11 is 3.47. The minimum atomic E-state index is -0.316. The van der Waals surface area contributed by atoms with Gasteiger partial charge in [0.1, 0.15) is 12.9 Å². The summed E-state index contributed by atoms with van der Waals surface area (Å²) in [6, 6.07) is 3.74. The third-order valence-electron chi connectivity index (χ3n) is 2.90. The minimum absolute atomic E-state index is 0.103. The van der Waals surface area contributed by atoms with E-state index in [9.17, 15) is 9.59 Å². The third kappa shape index (κ3) is 2.98. The molecule has 2 aromatic rings. The highest BCUT2D eigenvalue weighted by Crippen LogP contribution is 2.24. The molecule has 7 heteroatoms. The van der Waals surface area contributed by atoms with E-state index < -0.39 is 0 Å². The lowest BCUT2D eigenvalue weighted by Crippen LogP contribution is -2.29. The molecule has 0 atom stereocenters. The van der Waals surface area contributed by atoms with Gasteiger partial charge in [-0.25, -0.2) is 9.48 Å². The van der Waals surface area contributed by atoms with Gasteiger partial charge in [0, 0.05) is 17.2 Å². The van der Waals surface area contributed by atoms with Crippen molar-refractivity contribution in [3.8, 4) is 0 Å². The Kier molecular flexibility index (Phi) is 4.08. The van der Waals surface area contributed by atoms with E-state index in [-0.39, 0.29) is 18.1 Å². The molecule has 1 heterocycles. The fourth-order valence-electron chi connectivity index (χ4n) is 1.88. The average Bonchev–Trinajstić information content (AvgIpc) is 2.68. The Morgan fingerprint density at radius 2 is 1.95 bits per heavy atom. The van der Waals surface area contributed by atoms with Crippen LogP contribution in [-0.2, 0) is 18.4 Å². The van der Waals surface area contributed by atoms with Crippen molar-refractivity contribution in [1.82, 2.24) is 14.3 Å². The lowest BCUT2D eigenvalue weighted by atomic mass is 10.1. The number of amides is 1. The average molecular weight is 339 g/mol. The quantitative estimate of drug-likeness (QED) is 0.924. The number of carbonyl (C=O) groups excluding carboxylic acids is 1. The van der Waals surface area contributed by atoms with Crippen molar-refractivity contribution >= 4 is 27.5 Å². The van der Waals surface area contributed by atoms with Crippen molar-refractivity contribution in [2.75, 3.05) is 5.32 Å². The molecule has 0 fully saturated rings. The molecule has 0 radical (unpaired) electrons. The van der Waals surface area contributed by atoms with E-state index in [0.717, 1.165) is 20.3 Å². The summed E-state index contributed by atoms with van der Waals surface area (Å²) in [5.41, 5.74) is 2.46. The minimum Gasteiger partial charge on any atom is -0.324 e. The van der Waals surface area contributed by atoms with Crippen LogP contribution in [0.1, 0.15) is 11.1 Å². The van der Waals surface area contributed by atoms with E-state index in [1.807, 2.05) is 26.0 Å². The number of nitrogens with zero attached hydrogens (tertiary/aromatic N) is 3. The molecule has 106 valence electrons. The smallest absolute Gasteiger partial charge is 0.324 e. The molecule has 20 heavy (non-hydrogen) atoms. The fourth-order valence-corrected chi connectivity index (χ4v) is 2.11. The van der Waals surface area contributed by atoms with Crippen LogP contribution in [0, 0.1) is 13.8 Å². The zero-order valence-corrected chi connectivity index (χ0v) is 13.1. The number of rotatable bonds is 3. The highest BCUT2D eigenvalue weighted by atomic mass is 79.9. The summed E-state index contributed by atoms with van der Waals surface area (Å²) in [6.45, 7) is 3.81. The van der Waals surface area contributed by atoms with Crippen molar-refractivity contribution in [2.24, 2.45) is 7.05 Å². The number of aromatic nitrogens is 3. The van der Waals surface area contributed by atoms with Crippen molar-refractivity contribution in [3.63, 3.8) is 0 Å². The van der Waals surface area contributed by atoms with Crippen molar-refractivity contribution in [1.29, 1.82) is 0 Å². The van der Waals surface area contributed by atoms with Crippen molar-refractivity contribution < 1.29 is 4.79 Å². The number of aryl methyl sites for hydroxylation is 3. The van der Waals surface area contributed by atoms with Gasteiger partial charge in [-0.05, 0) is 37.1 Å². The van der Waals surface area contributed by atoms with Crippen LogP contribution in [0.25, 0.3) is 0 Å².